The topological polar surface area (TPSA) is 62.3 Å². The second kappa shape index (κ2) is 7.45. The SMILES string of the molecule is CCCCN(CC)S(=O)(=O)c1cncc(NCC)c1. The zero-order chi connectivity index (χ0) is 14.3. The first-order valence-electron chi connectivity index (χ1n) is 6.75. The average molecular weight is 285 g/mol. The van der Waals surface area contributed by atoms with Crippen LogP contribution < -0.4 is 5.32 Å². The summed E-state index contributed by atoms with van der Waals surface area (Å²) in [5.41, 5.74) is 0.732. The van der Waals surface area contributed by atoms with Gasteiger partial charge in [0.05, 0.1) is 11.9 Å². The van der Waals surface area contributed by atoms with E-state index < -0.39 is 10.0 Å². The molecular formula is C13H23N3O2S. The van der Waals surface area contributed by atoms with Gasteiger partial charge in [-0.1, -0.05) is 20.3 Å². The van der Waals surface area contributed by atoms with E-state index >= 15 is 0 Å². The summed E-state index contributed by atoms with van der Waals surface area (Å²) in [6.07, 6.45) is 4.88. The third-order valence-electron chi connectivity index (χ3n) is 2.85. The van der Waals surface area contributed by atoms with Gasteiger partial charge in [-0.25, -0.2) is 8.42 Å². The first-order valence-corrected chi connectivity index (χ1v) is 8.19. The summed E-state index contributed by atoms with van der Waals surface area (Å²) in [7, 11) is -3.43. The molecule has 6 heteroatoms. The van der Waals surface area contributed by atoms with Gasteiger partial charge in [-0.15, -0.1) is 0 Å². The van der Waals surface area contributed by atoms with E-state index in [-0.39, 0.29) is 4.90 Å². The van der Waals surface area contributed by atoms with Crippen molar-refractivity contribution < 1.29 is 8.42 Å². The Bertz CT molecular complexity index is 488. The van der Waals surface area contributed by atoms with Gasteiger partial charge in [-0.2, -0.15) is 4.31 Å². The van der Waals surface area contributed by atoms with E-state index in [1.165, 1.54) is 10.5 Å². The van der Waals surface area contributed by atoms with E-state index in [2.05, 4.69) is 10.3 Å². The summed E-state index contributed by atoms with van der Waals surface area (Å²) in [5, 5.41) is 3.07. The van der Waals surface area contributed by atoms with Crippen molar-refractivity contribution in [3.8, 4) is 0 Å². The zero-order valence-corrected chi connectivity index (χ0v) is 12.7. The maximum Gasteiger partial charge on any atom is 0.244 e. The molecule has 0 amide bonds. The lowest BCUT2D eigenvalue weighted by Crippen LogP contribution is -2.32. The van der Waals surface area contributed by atoms with Crippen molar-refractivity contribution in [2.24, 2.45) is 0 Å². The Labute approximate surface area is 116 Å². The number of unbranched alkanes of at least 4 members (excludes halogenated alkanes) is 1. The minimum absolute atomic E-state index is 0.254. The van der Waals surface area contributed by atoms with Gasteiger partial charge < -0.3 is 5.32 Å². The van der Waals surface area contributed by atoms with Gasteiger partial charge in [0.1, 0.15) is 4.90 Å². The molecule has 0 aliphatic rings. The maximum absolute atomic E-state index is 12.5. The van der Waals surface area contributed by atoms with Crippen LogP contribution in [0.5, 0.6) is 0 Å². The minimum Gasteiger partial charge on any atom is -0.384 e. The number of hydrogen-bond acceptors (Lipinski definition) is 4. The molecule has 0 aliphatic carbocycles. The molecule has 1 aromatic rings. The molecular weight excluding hydrogens is 262 g/mol. The molecule has 0 saturated carbocycles. The monoisotopic (exact) mass is 285 g/mol. The Kier molecular flexibility index (Phi) is 6.24. The molecule has 1 rings (SSSR count). The van der Waals surface area contributed by atoms with E-state index in [0.29, 0.717) is 13.1 Å². The minimum atomic E-state index is -3.43. The summed E-state index contributed by atoms with van der Waals surface area (Å²) < 4.78 is 26.5. The first-order chi connectivity index (χ1) is 9.06. The molecule has 5 nitrogen and oxygen atoms in total. The molecule has 0 unspecified atom stereocenters. The lowest BCUT2D eigenvalue weighted by atomic mass is 10.3. The Hall–Kier alpha value is -1.14. The smallest absolute Gasteiger partial charge is 0.244 e. The second-order valence-corrected chi connectivity index (χ2v) is 6.23. The third kappa shape index (κ3) is 4.18. The van der Waals surface area contributed by atoms with Crippen molar-refractivity contribution in [2.75, 3.05) is 25.0 Å². The van der Waals surface area contributed by atoms with Gasteiger partial charge in [0.2, 0.25) is 10.0 Å². The lowest BCUT2D eigenvalue weighted by molar-refractivity contribution is 0.418. The van der Waals surface area contributed by atoms with Crippen LogP contribution in [0.2, 0.25) is 0 Å². The largest absolute Gasteiger partial charge is 0.384 e. The van der Waals surface area contributed by atoms with Crippen molar-refractivity contribution >= 4 is 15.7 Å². The molecule has 0 fully saturated rings. The van der Waals surface area contributed by atoms with Crippen molar-refractivity contribution in [1.82, 2.24) is 9.29 Å². The fourth-order valence-corrected chi connectivity index (χ4v) is 3.27. The van der Waals surface area contributed by atoms with Gasteiger partial charge in [0, 0.05) is 25.8 Å². The summed E-state index contributed by atoms with van der Waals surface area (Å²) in [5.74, 6) is 0. The Morgan fingerprint density at radius 2 is 2.00 bits per heavy atom. The Balaban J connectivity index is 3.00. The number of nitrogens with zero attached hydrogens (tertiary/aromatic N) is 2. The molecule has 0 bridgehead atoms. The molecule has 19 heavy (non-hydrogen) atoms. The Morgan fingerprint density at radius 1 is 1.26 bits per heavy atom. The first kappa shape index (κ1) is 15.9. The molecule has 0 radical (unpaired) electrons. The van der Waals surface area contributed by atoms with Crippen LogP contribution in [0, 0.1) is 0 Å². The van der Waals surface area contributed by atoms with Gasteiger partial charge in [-0.3, -0.25) is 4.98 Å². The van der Waals surface area contributed by atoms with E-state index in [0.717, 1.165) is 25.1 Å². The van der Waals surface area contributed by atoms with Crippen LogP contribution in [0.15, 0.2) is 23.4 Å². The predicted octanol–water partition coefficient (Wildman–Crippen LogP) is 2.32. The van der Waals surface area contributed by atoms with Gasteiger partial charge in [-0.05, 0) is 19.4 Å². The number of aromatic nitrogens is 1. The highest BCUT2D eigenvalue weighted by Crippen LogP contribution is 2.18. The third-order valence-corrected chi connectivity index (χ3v) is 4.79. The van der Waals surface area contributed by atoms with E-state index in [4.69, 9.17) is 0 Å². The van der Waals surface area contributed by atoms with Crippen molar-refractivity contribution in [3.05, 3.63) is 18.5 Å². The molecule has 1 aromatic heterocycles. The van der Waals surface area contributed by atoms with E-state index in [1.54, 1.807) is 12.3 Å². The zero-order valence-electron chi connectivity index (χ0n) is 11.9. The number of hydrogen-bond donors (Lipinski definition) is 1. The van der Waals surface area contributed by atoms with E-state index in [9.17, 15) is 8.42 Å². The van der Waals surface area contributed by atoms with Gasteiger partial charge >= 0.3 is 0 Å². The lowest BCUT2D eigenvalue weighted by Gasteiger charge is -2.20. The van der Waals surface area contributed by atoms with Crippen LogP contribution in [0.1, 0.15) is 33.6 Å². The maximum atomic E-state index is 12.5. The standard InChI is InChI=1S/C13H23N3O2S/c1-4-7-8-16(6-3)19(17,18)13-9-12(15-5-2)10-14-11-13/h9-11,15H,4-8H2,1-3H3. The second-order valence-electron chi connectivity index (χ2n) is 4.29. The summed E-state index contributed by atoms with van der Waals surface area (Å²) in [4.78, 5) is 4.25. The predicted molar refractivity (Wildman–Crippen MR) is 77.7 cm³/mol. The van der Waals surface area contributed by atoms with Gasteiger partial charge in [0.25, 0.3) is 0 Å². The van der Waals surface area contributed by atoms with Crippen molar-refractivity contribution in [3.63, 3.8) is 0 Å². The molecule has 1 heterocycles. The quantitative estimate of drug-likeness (QED) is 0.796. The number of sulfonamides is 1. The fraction of sp³-hybridized carbons (Fsp3) is 0.615. The highest BCUT2D eigenvalue weighted by atomic mass is 32.2. The number of anilines is 1. The van der Waals surface area contributed by atoms with Crippen molar-refractivity contribution in [1.29, 1.82) is 0 Å². The molecule has 0 aromatic carbocycles. The summed E-state index contributed by atoms with van der Waals surface area (Å²) in [6, 6.07) is 1.64. The highest BCUT2D eigenvalue weighted by molar-refractivity contribution is 7.89. The fourth-order valence-electron chi connectivity index (χ4n) is 1.79. The molecule has 0 spiro atoms. The van der Waals surface area contributed by atoms with Crippen LogP contribution in [0.25, 0.3) is 0 Å². The summed E-state index contributed by atoms with van der Waals surface area (Å²) in [6.45, 7) is 7.64. The van der Waals surface area contributed by atoms with Crippen LogP contribution in [0.4, 0.5) is 5.69 Å². The summed E-state index contributed by atoms with van der Waals surface area (Å²) >= 11 is 0. The van der Waals surface area contributed by atoms with Crippen molar-refractivity contribution in [2.45, 2.75) is 38.5 Å². The number of nitrogens with one attached hydrogen (secondary N) is 1. The molecule has 108 valence electrons. The van der Waals surface area contributed by atoms with Crippen LogP contribution >= 0.6 is 0 Å². The van der Waals surface area contributed by atoms with Crippen LogP contribution in [-0.4, -0.2) is 37.3 Å². The average Bonchev–Trinajstić information content (AvgIpc) is 2.40. The molecule has 0 aliphatic heterocycles. The normalized spacial score (nSPS) is 11.8. The van der Waals surface area contributed by atoms with Crippen LogP contribution in [0.3, 0.4) is 0 Å². The van der Waals surface area contributed by atoms with E-state index in [1.807, 2.05) is 20.8 Å². The number of rotatable bonds is 8. The van der Waals surface area contributed by atoms with Gasteiger partial charge in [0.15, 0.2) is 0 Å². The highest BCUT2D eigenvalue weighted by Gasteiger charge is 2.23. The molecule has 0 atom stereocenters. The number of pyridine rings is 1. The Morgan fingerprint density at radius 3 is 2.58 bits per heavy atom. The molecule has 1 N–H and O–H groups in total. The van der Waals surface area contributed by atoms with Crippen LogP contribution in [-0.2, 0) is 10.0 Å². The molecule has 0 saturated heterocycles.